The molecule has 6 unspecified atom stereocenters. The molecule has 2 aromatic rings. The van der Waals surface area contributed by atoms with E-state index >= 15 is 0 Å². The summed E-state index contributed by atoms with van der Waals surface area (Å²) in [6, 6.07) is 14.3. The summed E-state index contributed by atoms with van der Waals surface area (Å²) in [7, 11) is 1.35. The minimum Gasteiger partial charge on any atom is -0.465 e. The number of aliphatic hydroxyl groups is 1. The Hall–Kier alpha value is -3.19. The number of amides is 2. The van der Waals surface area contributed by atoms with E-state index in [1.807, 2.05) is 12.1 Å². The first kappa shape index (κ1) is 33.7. The monoisotopic (exact) mass is 642 g/mol. The maximum atomic E-state index is 12.8. The van der Waals surface area contributed by atoms with Crippen molar-refractivity contribution in [3.8, 4) is 0 Å². The molecule has 3 N–H and O–H groups in total. The summed E-state index contributed by atoms with van der Waals surface area (Å²) >= 11 is 0. The molecule has 0 heterocycles. The largest absolute Gasteiger partial charge is 0.465 e. The van der Waals surface area contributed by atoms with E-state index in [-0.39, 0.29) is 17.9 Å². The molecule has 0 radical (unpaired) electrons. The predicted molar refractivity (Wildman–Crippen MR) is 182 cm³/mol. The average molecular weight is 643 g/mol. The van der Waals surface area contributed by atoms with Gasteiger partial charge in [0.05, 0.1) is 18.8 Å². The molecule has 0 saturated heterocycles. The van der Waals surface area contributed by atoms with Gasteiger partial charge in [0.2, 0.25) is 5.91 Å². The lowest BCUT2D eigenvalue weighted by Crippen LogP contribution is -2.57. The first-order valence-electron chi connectivity index (χ1n) is 18.1. The molecule has 4 saturated carbocycles. The fraction of sp³-hybridized carbons (Fsp3) is 0.625. The van der Waals surface area contributed by atoms with Crippen molar-refractivity contribution in [1.82, 2.24) is 10.6 Å². The number of ether oxygens (including phenoxy) is 1. The minimum atomic E-state index is -0.391. The van der Waals surface area contributed by atoms with Crippen molar-refractivity contribution >= 4 is 17.8 Å². The number of nitrogens with one attached hydrogen (secondary N) is 2. The number of carbonyl (C=O) groups excluding carboxylic acids is 3. The predicted octanol–water partition coefficient (Wildman–Crippen LogP) is 7.21. The van der Waals surface area contributed by atoms with Gasteiger partial charge in [0.15, 0.2) is 0 Å². The van der Waals surface area contributed by atoms with Crippen molar-refractivity contribution in [2.24, 2.45) is 40.4 Å². The molecule has 0 spiro atoms. The number of fused-ring (bicyclic) bond motifs is 5. The van der Waals surface area contributed by atoms with E-state index < -0.39 is 5.97 Å². The Morgan fingerprint density at radius 2 is 1.47 bits per heavy atom. The zero-order chi connectivity index (χ0) is 33.2. The van der Waals surface area contributed by atoms with Crippen molar-refractivity contribution in [3.63, 3.8) is 0 Å². The second-order valence-corrected chi connectivity index (χ2v) is 15.6. The molecule has 0 bridgehead atoms. The highest BCUT2D eigenvalue weighted by Gasteiger charge is 2.61. The first-order valence-corrected chi connectivity index (χ1v) is 18.1. The first-order chi connectivity index (χ1) is 22.6. The lowest BCUT2D eigenvalue weighted by Gasteiger charge is -2.62. The van der Waals surface area contributed by atoms with Crippen LogP contribution in [-0.4, -0.2) is 36.1 Å². The molecular formula is C40H54N2O5. The number of aliphatic hydroxyl groups excluding tert-OH is 1. The topological polar surface area (TPSA) is 105 Å². The summed E-state index contributed by atoms with van der Waals surface area (Å²) in [5, 5.41) is 17.4. The second-order valence-electron chi connectivity index (χ2n) is 15.6. The van der Waals surface area contributed by atoms with Gasteiger partial charge < -0.3 is 20.5 Å². The van der Waals surface area contributed by atoms with E-state index in [0.29, 0.717) is 71.1 Å². The smallest absolute Gasteiger partial charge is 0.337 e. The van der Waals surface area contributed by atoms with Gasteiger partial charge in [0, 0.05) is 25.1 Å². The lowest BCUT2D eigenvalue weighted by molar-refractivity contribution is -0.162. The Balaban J connectivity index is 0.929. The lowest BCUT2D eigenvalue weighted by atomic mass is 9.44. The van der Waals surface area contributed by atoms with Crippen molar-refractivity contribution in [3.05, 3.63) is 70.8 Å². The van der Waals surface area contributed by atoms with Crippen LogP contribution in [0, 0.1) is 40.4 Å². The molecule has 0 aromatic heterocycles. The minimum absolute atomic E-state index is 0.0763. The average Bonchev–Trinajstić information content (AvgIpc) is 3.42. The van der Waals surface area contributed by atoms with Crippen molar-refractivity contribution in [2.75, 3.05) is 7.11 Å². The van der Waals surface area contributed by atoms with Crippen LogP contribution < -0.4 is 10.6 Å². The number of benzene rings is 2. The van der Waals surface area contributed by atoms with Crippen LogP contribution in [0.2, 0.25) is 0 Å². The Morgan fingerprint density at radius 3 is 2.17 bits per heavy atom. The number of methoxy groups -OCH3 is 1. The van der Waals surface area contributed by atoms with Gasteiger partial charge in [-0.05, 0) is 134 Å². The molecule has 6 rings (SSSR count). The van der Waals surface area contributed by atoms with Gasteiger partial charge in [-0.2, -0.15) is 0 Å². The molecule has 2 aromatic carbocycles. The van der Waals surface area contributed by atoms with Gasteiger partial charge in [-0.25, -0.2) is 4.79 Å². The summed E-state index contributed by atoms with van der Waals surface area (Å²) in [4.78, 5) is 37.0. The van der Waals surface area contributed by atoms with Gasteiger partial charge >= 0.3 is 5.97 Å². The van der Waals surface area contributed by atoms with Gasteiger partial charge in [-0.3, -0.25) is 9.59 Å². The van der Waals surface area contributed by atoms with Gasteiger partial charge in [0.1, 0.15) is 0 Å². The third-order valence-corrected chi connectivity index (χ3v) is 13.3. The normalized spacial score (nSPS) is 32.8. The summed E-state index contributed by atoms with van der Waals surface area (Å²) in [5.41, 5.74) is 3.58. The Bertz CT molecular complexity index is 1420. The molecule has 0 aliphatic heterocycles. The van der Waals surface area contributed by atoms with E-state index in [2.05, 4.69) is 24.5 Å². The van der Waals surface area contributed by atoms with Crippen LogP contribution >= 0.6 is 0 Å². The highest BCUT2D eigenvalue weighted by molar-refractivity contribution is 5.94. The fourth-order valence-electron chi connectivity index (χ4n) is 10.6. The van der Waals surface area contributed by atoms with Crippen LogP contribution in [0.3, 0.4) is 0 Å². The van der Waals surface area contributed by atoms with Crippen molar-refractivity contribution in [1.29, 1.82) is 0 Å². The molecule has 8 atom stereocenters. The Labute approximate surface area is 280 Å². The fourth-order valence-corrected chi connectivity index (χ4v) is 10.6. The summed E-state index contributed by atoms with van der Waals surface area (Å²) in [6.07, 6.45) is 13.8. The van der Waals surface area contributed by atoms with Crippen LogP contribution in [0.15, 0.2) is 48.5 Å². The molecule has 4 aliphatic carbocycles. The Morgan fingerprint density at radius 1 is 0.809 bits per heavy atom. The summed E-state index contributed by atoms with van der Waals surface area (Å²) in [5.74, 6) is 2.63. The molecule has 254 valence electrons. The van der Waals surface area contributed by atoms with Crippen LogP contribution in [-0.2, 0) is 22.6 Å². The number of rotatable bonds is 10. The highest BCUT2D eigenvalue weighted by atomic mass is 16.5. The molecule has 4 aliphatic rings. The van der Waals surface area contributed by atoms with Crippen LogP contribution in [0.25, 0.3) is 0 Å². The molecule has 2 amide bonds. The van der Waals surface area contributed by atoms with Crippen LogP contribution in [0.5, 0.6) is 0 Å². The van der Waals surface area contributed by atoms with Crippen molar-refractivity contribution in [2.45, 2.75) is 110 Å². The maximum Gasteiger partial charge on any atom is 0.337 e. The number of esters is 1. The standard InChI is InChI=1S/C40H54N2O5/c1-39-21-5-4-7-31(39)23-34(43)36-32-19-18-30(40(32,2)22-20-33(36)39)8-6-9-35(44)41-24-26-10-14-28(15-11-26)37(45)42-25-27-12-16-29(17-13-27)38(46)47-3/h10-17,30-34,36,43H,4-9,18-25H2,1-3H3,(H,41,44)(H,42,45)/t30?,31?,32?,33?,34-,36?,39?,40+/m0/s1. The van der Waals surface area contributed by atoms with Crippen LogP contribution in [0.4, 0.5) is 0 Å². The number of carbonyl (C=O) groups is 3. The van der Waals surface area contributed by atoms with E-state index in [0.717, 1.165) is 30.4 Å². The third-order valence-electron chi connectivity index (χ3n) is 13.3. The summed E-state index contributed by atoms with van der Waals surface area (Å²) in [6.45, 7) is 5.87. The SMILES string of the molecule is COC(=O)c1ccc(CNC(=O)c2ccc(CNC(=O)CCCC3CCC4C5C(CC[C@]34C)C3(C)CCCCC3C[C@@H]5O)cc2)cc1. The van der Waals surface area contributed by atoms with Crippen molar-refractivity contribution < 1.29 is 24.2 Å². The summed E-state index contributed by atoms with van der Waals surface area (Å²) < 4.78 is 4.72. The second kappa shape index (κ2) is 14.1. The molecule has 7 nitrogen and oxygen atoms in total. The maximum absolute atomic E-state index is 12.8. The molecule has 47 heavy (non-hydrogen) atoms. The third kappa shape index (κ3) is 6.88. The van der Waals surface area contributed by atoms with E-state index in [1.54, 1.807) is 36.4 Å². The van der Waals surface area contributed by atoms with Crippen LogP contribution in [0.1, 0.15) is 123 Å². The zero-order valence-corrected chi connectivity index (χ0v) is 28.6. The highest BCUT2D eigenvalue weighted by Crippen LogP contribution is 2.67. The number of hydrogen-bond donors (Lipinski definition) is 3. The van der Waals surface area contributed by atoms with Gasteiger partial charge in [-0.1, -0.05) is 51.0 Å². The molecular weight excluding hydrogens is 588 g/mol. The molecule has 7 heteroatoms. The quantitative estimate of drug-likeness (QED) is 0.238. The van der Waals surface area contributed by atoms with E-state index in [9.17, 15) is 19.5 Å². The number of hydrogen-bond acceptors (Lipinski definition) is 5. The van der Waals surface area contributed by atoms with Gasteiger partial charge in [0.25, 0.3) is 5.91 Å². The zero-order valence-electron chi connectivity index (χ0n) is 28.6. The van der Waals surface area contributed by atoms with Gasteiger partial charge in [-0.15, -0.1) is 0 Å². The van der Waals surface area contributed by atoms with E-state index in [4.69, 9.17) is 4.74 Å². The van der Waals surface area contributed by atoms with E-state index in [1.165, 1.54) is 58.5 Å². The Kier molecular flexibility index (Phi) is 10.1. The molecule has 4 fully saturated rings.